The van der Waals surface area contributed by atoms with Crippen LogP contribution in [0.25, 0.3) is 0 Å². The number of aromatic nitrogens is 1. The first-order valence-corrected chi connectivity index (χ1v) is 5.98. The second-order valence-corrected chi connectivity index (χ2v) is 3.92. The Morgan fingerprint density at radius 1 is 1.44 bits per heavy atom. The third-order valence-corrected chi connectivity index (χ3v) is 2.44. The molecule has 0 fully saturated rings. The highest BCUT2D eigenvalue weighted by molar-refractivity contribution is 5.75. The highest BCUT2D eigenvalue weighted by atomic mass is 16.1. The first-order chi connectivity index (χ1) is 7.83. The van der Waals surface area contributed by atoms with E-state index >= 15 is 0 Å². The molecule has 1 rings (SSSR count). The Bertz CT molecular complexity index is 298. The van der Waals surface area contributed by atoms with Crippen molar-refractivity contribution >= 4 is 5.91 Å². The van der Waals surface area contributed by atoms with Gasteiger partial charge in [0.1, 0.15) is 0 Å². The van der Waals surface area contributed by atoms with Crippen LogP contribution in [0.4, 0.5) is 0 Å². The Kier molecular flexibility index (Phi) is 6.23. The molecular weight excluding hydrogens is 200 g/mol. The maximum Gasteiger partial charge on any atom is 0.219 e. The van der Waals surface area contributed by atoms with E-state index in [1.165, 1.54) is 5.56 Å². The van der Waals surface area contributed by atoms with Gasteiger partial charge in [0.15, 0.2) is 0 Å². The van der Waals surface area contributed by atoms with E-state index in [4.69, 9.17) is 0 Å². The fourth-order valence-corrected chi connectivity index (χ4v) is 1.49. The predicted molar refractivity (Wildman–Crippen MR) is 65.1 cm³/mol. The van der Waals surface area contributed by atoms with Gasteiger partial charge < -0.3 is 5.32 Å². The number of unbranched alkanes of at least 4 members (excludes halogenated alkanes) is 1. The van der Waals surface area contributed by atoms with Gasteiger partial charge in [0, 0.05) is 25.4 Å². The van der Waals surface area contributed by atoms with Crippen molar-refractivity contribution in [2.45, 2.75) is 39.0 Å². The van der Waals surface area contributed by atoms with Crippen molar-refractivity contribution in [3.8, 4) is 0 Å². The molecule has 0 aliphatic heterocycles. The minimum Gasteiger partial charge on any atom is -0.356 e. The van der Waals surface area contributed by atoms with Gasteiger partial charge in [-0.2, -0.15) is 0 Å². The molecule has 1 N–H and O–H groups in total. The van der Waals surface area contributed by atoms with Gasteiger partial charge >= 0.3 is 0 Å². The smallest absolute Gasteiger partial charge is 0.219 e. The summed E-state index contributed by atoms with van der Waals surface area (Å²) in [4.78, 5) is 15.3. The van der Waals surface area contributed by atoms with Crippen molar-refractivity contribution in [3.63, 3.8) is 0 Å². The average molecular weight is 220 g/mol. The van der Waals surface area contributed by atoms with Gasteiger partial charge in [-0.3, -0.25) is 9.78 Å². The van der Waals surface area contributed by atoms with E-state index in [0.717, 1.165) is 32.2 Å². The van der Waals surface area contributed by atoms with Crippen molar-refractivity contribution in [2.24, 2.45) is 0 Å². The largest absolute Gasteiger partial charge is 0.356 e. The molecule has 1 aromatic rings. The van der Waals surface area contributed by atoms with E-state index in [0.29, 0.717) is 6.42 Å². The van der Waals surface area contributed by atoms with E-state index in [-0.39, 0.29) is 5.91 Å². The van der Waals surface area contributed by atoms with E-state index in [2.05, 4.69) is 23.3 Å². The van der Waals surface area contributed by atoms with E-state index in [9.17, 15) is 4.79 Å². The minimum absolute atomic E-state index is 0.174. The summed E-state index contributed by atoms with van der Waals surface area (Å²) >= 11 is 0. The highest BCUT2D eigenvalue weighted by Crippen LogP contribution is 1.99. The first kappa shape index (κ1) is 12.7. The molecule has 0 aliphatic carbocycles. The molecule has 1 amide bonds. The zero-order chi connectivity index (χ0) is 11.6. The molecule has 88 valence electrons. The summed E-state index contributed by atoms with van der Waals surface area (Å²) < 4.78 is 0. The molecule has 0 spiro atoms. The van der Waals surface area contributed by atoms with Gasteiger partial charge in [0.05, 0.1) is 0 Å². The average Bonchev–Trinajstić information content (AvgIpc) is 2.33. The zero-order valence-electron chi connectivity index (χ0n) is 9.91. The number of aryl methyl sites for hydroxylation is 1. The fourth-order valence-electron chi connectivity index (χ4n) is 1.49. The van der Waals surface area contributed by atoms with Crippen LogP contribution in [0.1, 0.15) is 38.2 Å². The summed E-state index contributed by atoms with van der Waals surface area (Å²) in [7, 11) is 0. The van der Waals surface area contributed by atoms with Gasteiger partial charge in [-0.25, -0.2) is 0 Å². The first-order valence-electron chi connectivity index (χ1n) is 5.98. The second kappa shape index (κ2) is 7.85. The van der Waals surface area contributed by atoms with Crippen LogP contribution in [0.3, 0.4) is 0 Å². The lowest BCUT2D eigenvalue weighted by Crippen LogP contribution is -2.24. The number of hydrogen-bond donors (Lipinski definition) is 1. The summed E-state index contributed by atoms with van der Waals surface area (Å²) in [5, 5.41) is 2.93. The number of amides is 1. The Labute approximate surface area is 97.3 Å². The summed E-state index contributed by atoms with van der Waals surface area (Å²) in [5.41, 5.74) is 1.23. The van der Waals surface area contributed by atoms with E-state index in [1.807, 2.05) is 12.3 Å². The van der Waals surface area contributed by atoms with Gasteiger partial charge in [0.25, 0.3) is 0 Å². The van der Waals surface area contributed by atoms with Gasteiger partial charge in [-0.05, 0) is 30.9 Å². The molecule has 0 atom stereocenters. The Morgan fingerprint density at radius 2 is 2.31 bits per heavy atom. The van der Waals surface area contributed by atoms with Crippen LogP contribution in [-0.2, 0) is 11.2 Å². The molecule has 3 nitrogen and oxygen atoms in total. The molecule has 1 heterocycles. The quantitative estimate of drug-likeness (QED) is 0.716. The number of carbonyl (C=O) groups excluding carboxylic acids is 1. The molecule has 0 bridgehead atoms. The topological polar surface area (TPSA) is 42.0 Å². The molecule has 0 saturated carbocycles. The van der Waals surface area contributed by atoms with Crippen LogP contribution >= 0.6 is 0 Å². The minimum atomic E-state index is 0.174. The molecule has 0 aromatic carbocycles. The SMILES string of the molecule is CCCCC(=O)NCCCc1cccnc1. The number of pyridine rings is 1. The third-order valence-electron chi connectivity index (χ3n) is 2.44. The van der Waals surface area contributed by atoms with Crippen LogP contribution in [0.5, 0.6) is 0 Å². The maximum atomic E-state index is 11.3. The lowest BCUT2D eigenvalue weighted by molar-refractivity contribution is -0.121. The van der Waals surface area contributed by atoms with Gasteiger partial charge in [-0.15, -0.1) is 0 Å². The summed E-state index contributed by atoms with van der Waals surface area (Å²) in [6, 6.07) is 4.00. The van der Waals surface area contributed by atoms with Crippen LogP contribution < -0.4 is 5.32 Å². The number of carbonyl (C=O) groups is 1. The lowest BCUT2D eigenvalue weighted by atomic mass is 10.1. The second-order valence-electron chi connectivity index (χ2n) is 3.92. The van der Waals surface area contributed by atoms with Crippen LogP contribution in [0.2, 0.25) is 0 Å². The number of nitrogens with zero attached hydrogens (tertiary/aromatic N) is 1. The van der Waals surface area contributed by atoms with Crippen LogP contribution in [0, 0.1) is 0 Å². The van der Waals surface area contributed by atoms with Crippen molar-refractivity contribution in [2.75, 3.05) is 6.54 Å². The van der Waals surface area contributed by atoms with Crippen LogP contribution in [-0.4, -0.2) is 17.4 Å². The van der Waals surface area contributed by atoms with Gasteiger partial charge in [0.2, 0.25) is 5.91 Å². The van der Waals surface area contributed by atoms with Crippen molar-refractivity contribution in [1.29, 1.82) is 0 Å². The Morgan fingerprint density at radius 3 is 3.00 bits per heavy atom. The molecule has 16 heavy (non-hydrogen) atoms. The number of rotatable bonds is 7. The Hall–Kier alpha value is -1.38. The fraction of sp³-hybridized carbons (Fsp3) is 0.538. The molecule has 0 saturated heterocycles. The maximum absolute atomic E-state index is 11.3. The standard InChI is InChI=1S/C13H20N2O/c1-2-3-8-13(16)15-10-5-7-12-6-4-9-14-11-12/h4,6,9,11H,2-3,5,7-8,10H2,1H3,(H,15,16). The van der Waals surface area contributed by atoms with E-state index < -0.39 is 0 Å². The number of hydrogen-bond acceptors (Lipinski definition) is 2. The normalized spacial score (nSPS) is 10.1. The Balaban J connectivity index is 2.06. The summed E-state index contributed by atoms with van der Waals surface area (Å²) in [6.45, 7) is 2.85. The molecule has 0 radical (unpaired) electrons. The molecule has 0 aliphatic rings. The third kappa shape index (κ3) is 5.49. The van der Waals surface area contributed by atoms with Crippen molar-refractivity contribution in [1.82, 2.24) is 10.3 Å². The monoisotopic (exact) mass is 220 g/mol. The van der Waals surface area contributed by atoms with Crippen LogP contribution in [0.15, 0.2) is 24.5 Å². The van der Waals surface area contributed by atoms with Gasteiger partial charge in [-0.1, -0.05) is 19.4 Å². The zero-order valence-corrected chi connectivity index (χ0v) is 9.91. The highest BCUT2D eigenvalue weighted by Gasteiger charge is 1.99. The molecule has 1 aromatic heterocycles. The van der Waals surface area contributed by atoms with E-state index in [1.54, 1.807) is 6.20 Å². The number of nitrogens with one attached hydrogen (secondary N) is 1. The summed E-state index contributed by atoms with van der Waals surface area (Å²) in [6.07, 6.45) is 8.31. The molecular formula is C13H20N2O. The predicted octanol–water partition coefficient (Wildman–Crippen LogP) is 2.32. The van der Waals surface area contributed by atoms with Crippen molar-refractivity contribution < 1.29 is 4.79 Å². The van der Waals surface area contributed by atoms with Crippen molar-refractivity contribution in [3.05, 3.63) is 30.1 Å². The lowest BCUT2D eigenvalue weighted by Gasteiger charge is -2.04. The molecule has 0 unspecified atom stereocenters. The summed E-state index contributed by atoms with van der Waals surface area (Å²) in [5.74, 6) is 0.174. The molecule has 3 heteroatoms.